The van der Waals surface area contributed by atoms with Gasteiger partial charge in [-0.1, -0.05) is 18.2 Å². The van der Waals surface area contributed by atoms with Gasteiger partial charge >= 0.3 is 6.61 Å². The minimum atomic E-state index is -3.00. The van der Waals surface area contributed by atoms with Gasteiger partial charge < -0.3 is 10.1 Å². The molecule has 8 heteroatoms. The number of para-hydroxylation sites is 1. The van der Waals surface area contributed by atoms with Crippen molar-refractivity contribution in [1.82, 2.24) is 19.9 Å². The van der Waals surface area contributed by atoms with Crippen LogP contribution in [-0.2, 0) is 6.54 Å². The van der Waals surface area contributed by atoms with Crippen LogP contribution in [0.1, 0.15) is 16.2 Å². The molecule has 118 valence electrons. The lowest BCUT2D eigenvalue weighted by Gasteiger charge is -2.10. The molecular weight excluding hydrogens is 306 g/mol. The van der Waals surface area contributed by atoms with E-state index in [0.29, 0.717) is 11.5 Å². The fraction of sp³-hybridized carbons (Fsp3) is 0.133. The van der Waals surface area contributed by atoms with Crippen molar-refractivity contribution in [3.63, 3.8) is 0 Å². The number of nitrogens with one attached hydrogen (secondary N) is 1. The summed E-state index contributed by atoms with van der Waals surface area (Å²) >= 11 is 0. The lowest BCUT2D eigenvalue weighted by Crippen LogP contribution is -2.25. The molecule has 0 spiro atoms. The van der Waals surface area contributed by atoms with E-state index < -0.39 is 12.5 Å². The number of fused-ring (bicyclic) bond motifs is 1. The van der Waals surface area contributed by atoms with Gasteiger partial charge in [-0.15, -0.1) is 10.2 Å². The van der Waals surface area contributed by atoms with Crippen LogP contribution in [-0.4, -0.2) is 27.1 Å². The predicted molar refractivity (Wildman–Crippen MR) is 77.2 cm³/mol. The van der Waals surface area contributed by atoms with Crippen LogP contribution >= 0.6 is 0 Å². The van der Waals surface area contributed by atoms with E-state index in [1.54, 1.807) is 22.7 Å². The largest absolute Gasteiger partial charge is 0.434 e. The van der Waals surface area contributed by atoms with Crippen LogP contribution in [0.3, 0.4) is 0 Å². The van der Waals surface area contributed by atoms with Gasteiger partial charge in [-0.25, -0.2) is 0 Å². The number of aromatic nitrogens is 3. The summed E-state index contributed by atoms with van der Waals surface area (Å²) in [6.45, 7) is -2.89. The van der Waals surface area contributed by atoms with Gasteiger partial charge in [-0.05, 0) is 24.3 Å². The van der Waals surface area contributed by atoms with Gasteiger partial charge in [0.15, 0.2) is 11.5 Å². The van der Waals surface area contributed by atoms with Crippen LogP contribution in [0.5, 0.6) is 5.75 Å². The van der Waals surface area contributed by atoms with Crippen molar-refractivity contribution in [3.8, 4) is 5.75 Å². The maximum atomic E-state index is 12.4. The second-order valence-corrected chi connectivity index (χ2v) is 4.60. The first kappa shape index (κ1) is 14.9. The van der Waals surface area contributed by atoms with Gasteiger partial charge in [0, 0.05) is 6.20 Å². The Bertz CT molecular complexity index is 835. The molecule has 2 aromatic heterocycles. The van der Waals surface area contributed by atoms with Gasteiger partial charge in [0.25, 0.3) is 5.91 Å². The van der Waals surface area contributed by atoms with Crippen molar-refractivity contribution < 1.29 is 18.3 Å². The van der Waals surface area contributed by atoms with Gasteiger partial charge in [-0.2, -0.15) is 8.78 Å². The Labute approximate surface area is 129 Å². The Morgan fingerprint density at radius 3 is 2.78 bits per heavy atom. The van der Waals surface area contributed by atoms with Crippen molar-refractivity contribution in [2.45, 2.75) is 13.2 Å². The lowest BCUT2D eigenvalue weighted by molar-refractivity contribution is -0.0501. The highest BCUT2D eigenvalue weighted by Gasteiger charge is 2.15. The number of hydrogen-bond donors (Lipinski definition) is 1. The second kappa shape index (κ2) is 6.39. The Hall–Kier alpha value is -3.03. The average molecular weight is 318 g/mol. The standard InChI is InChI=1S/C15H12F2N4O2/c16-15(17)23-11-6-2-1-5-10(11)14(22)18-9-13-20-19-12-7-3-4-8-21(12)13/h1-8,15H,9H2,(H,18,22). The van der Waals surface area contributed by atoms with E-state index in [1.165, 1.54) is 18.2 Å². The maximum Gasteiger partial charge on any atom is 0.387 e. The molecule has 0 aliphatic heterocycles. The molecule has 0 saturated heterocycles. The number of carbonyl (C=O) groups excluding carboxylic acids is 1. The van der Waals surface area contributed by atoms with Gasteiger partial charge in [0.05, 0.1) is 12.1 Å². The number of halogens is 2. The van der Waals surface area contributed by atoms with E-state index >= 15 is 0 Å². The molecule has 0 aliphatic rings. The molecule has 0 aliphatic carbocycles. The fourth-order valence-electron chi connectivity index (χ4n) is 2.12. The zero-order valence-corrected chi connectivity index (χ0v) is 11.8. The van der Waals surface area contributed by atoms with Crippen LogP contribution in [0.2, 0.25) is 0 Å². The third-order valence-corrected chi connectivity index (χ3v) is 3.14. The summed E-state index contributed by atoms with van der Waals surface area (Å²) in [5, 5.41) is 10.6. The summed E-state index contributed by atoms with van der Waals surface area (Å²) in [6.07, 6.45) is 1.77. The molecule has 0 bridgehead atoms. The van der Waals surface area contributed by atoms with E-state index in [1.807, 2.05) is 12.1 Å². The molecule has 1 amide bonds. The highest BCUT2D eigenvalue weighted by atomic mass is 19.3. The molecule has 0 fully saturated rings. The number of hydrogen-bond acceptors (Lipinski definition) is 4. The first-order valence-corrected chi connectivity index (χ1v) is 6.76. The zero-order valence-electron chi connectivity index (χ0n) is 11.8. The van der Waals surface area contributed by atoms with Crippen molar-refractivity contribution in [1.29, 1.82) is 0 Å². The normalized spacial score (nSPS) is 10.9. The molecule has 23 heavy (non-hydrogen) atoms. The van der Waals surface area contributed by atoms with Crippen LogP contribution in [0, 0.1) is 0 Å². The monoisotopic (exact) mass is 318 g/mol. The fourth-order valence-corrected chi connectivity index (χ4v) is 2.12. The van der Waals surface area contributed by atoms with Gasteiger partial charge in [0.2, 0.25) is 0 Å². The molecule has 3 rings (SSSR count). The van der Waals surface area contributed by atoms with E-state index in [9.17, 15) is 13.6 Å². The summed E-state index contributed by atoms with van der Waals surface area (Å²) in [4.78, 5) is 12.2. The third-order valence-electron chi connectivity index (χ3n) is 3.14. The Balaban J connectivity index is 1.75. The molecule has 2 heterocycles. The molecule has 1 aromatic carbocycles. The first-order valence-electron chi connectivity index (χ1n) is 6.76. The molecule has 6 nitrogen and oxygen atoms in total. The lowest BCUT2D eigenvalue weighted by atomic mass is 10.2. The third kappa shape index (κ3) is 3.25. The summed E-state index contributed by atoms with van der Waals surface area (Å²) in [5.41, 5.74) is 0.680. The molecule has 0 saturated carbocycles. The summed E-state index contributed by atoms with van der Waals surface area (Å²) in [5.74, 6) is -0.179. The Morgan fingerprint density at radius 2 is 1.96 bits per heavy atom. The van der Waals surface area contributed by atoms with Gasteiger partial charge in [0.1, 0.15) is 5.75 Å². The minimum absolute atomic E-state index is 0.0293. The van der Waals surface area contributed by atoms with E-state index in [0.717, 1.165) is 0 Å². The van der Waals surface area contributed by atoms with E-state index in [-0.39, 0.29) is 17.9 Å². The summed E-state index contributed by atoms with van der Waals surface area (Å²) in [6, 6.07) is 11.2. The molecular formula is C15H12F2N4O2. The number of benzene rings is 1. The van der Waals surface area contributed by atoms with Crippen LogP contribution < -0.4 is 10.1 Å². The van der Waals surface area contributed by atoms with Crippen molar-refractivity contribution >= 4 is 11.6 Å². The number of carbonyl (C=O) groups is 1. The average Bonchev–Trinajstić information content (AvgIpc) is 2.96. The predicted octanol–water partition coefficient (Wildman–Crippen LogP) is 2.26. The highest BCUT2D eigenvalue weighted by molar-refractivity contribution is 5.96. The quantitative estimate of drug-likeness (QED) is 0.783. The zero-order chi connectivity index (χ0) is 16.2. The molecule has 1 N–H and O–H groups in total. The smallest absolute Gasteiger partial charge is 0.387 e. The molecule has 0 unspecified atom stereocenters. The topological polar surface area (TPSA) is 68.5 Å². The Morgan fingerprint density at radius 1 is 1.17 bits per heavy atom. The van der Waals surface area contributed by atoms with Crippen LogP contribution in [0.4, 0.5) is 8.78 Å². The number of nitrogens with zero attached hydrogens (tertiary/aromatic N) is 3. The Kier molecular flexibility index (Phi) is 4.13. The summed E-state index contributed by atoms with van der Waals surface area (Å²) in [7, 11) is 0. The first-order chi connectivity index (χ1) is 11.1. The molecule has 0 atom stereocenters. The minimum Gasteiger partial charge on any atom is -0.434 e. The number of ether oxygens (including phenoxy) is 1. The number of amides is 1. The number of alkyl halides is 2. The van der Waals surface area contributed by atoms with E-state index in [2.05, 4.69) is 20.3 Å². The van der Waals surface area contributed by atoms with E-state index in [4.69, 9.17) is 0 Å². The number of pyridine rings is 1. The van der Waals surface area contributed by atoms with Gasteiger partial charge in [-0.3, -0.25) is 9.20 Å². The highest BCUT2D eigenvalue weighted by Crippen LogP contribution is 2.20. The second-order valence-electron chi connectivity index (χ2n) is 4.60. The van der Waals surface area contributed by atoms with Crippen molar-refractivity contribution in [2.24, 2.45) is 0 Å². The van der Waals surface area contributed by atoms with Crippen LogP contribution in [0.15, 0.2) is 48.7 Å². The van der Waals surface area contributed by atoms with Crippen LogP contribution in [0.25, 0.3) is 5.65 Å². The molecule has 3 aromatic rings. The SMILES string of the molecule is O=C(NCc1nnc2ccccn12)c1ccccc1OC(F)F. The number of rotatable bonds is 5. The summed E-state index contributed by atoms with van der Waals surface area (Å²) < 4.78 is 30.8. The van der Waals surface area contributed by atoms with Crippen molar-refractivity contribution in [3.05, 3.63) is 60.0 Å². The molecule has 0 radical (unpaired) electrons. The van der Waals surface area contributed by atoms with Crippen molar-refractivity contribution in [2.75, 3.05) is 0 Å². The maximum absolute atomic E-state index is 12.4.